The number of allylic oxidation sites excluding steroid dienone is 2. The van der Waals surface area contributed by atoms with Crippen LogP contribution < -0.4 is 0 Å². The maximum absolute atomic E-state index is 14.9. The number of halogens is 5. The minimum atomic E-state index is -2.28. The molecular weight excluding hydrogens is 479 g/mol. The number of aromatic nitrogens is 1. The molecule has 0 radical (unpaired) electrons. The number of nitrogens with one attached hydrogen (secondary N) is 1. The molecule has 9 heteroatoms. The van der Waals surface area contributed by atoms with Crippen molar-refractivity contribution in [2.75, 3.05) is 0 Å². The maximum Gasteiger partial charge on any atom is 0.200 e. The number of aliphatic imine (C=N–C) groups is 1. The van der Waals surface area contributed by atoms with E-state index in [1.165, 1.54) is 36.4 Å². The van der Waals surface area contributed by atoms with Crippen LogP contribution in [-0.4, -0.2) is 20.9 Å². The van der Waals surface area contributed by atoms with Crippen molar-refractivity contribution in [3.63, 3.8) is 0 Å². The molecule has 0 saturated heterocycles. The fraction of sp³-hybridized carbons (Fsp3) is 0. The van der Waals surface area contributed by atoms with Crippen LogP contribution in [0.4, 0.5) is 22.0 Å². The van der Waals surface area contributed by atoms with Gasteiger partial charge in [0.1, 0.15) is 11.5 Å². The van der Waals surface area contributed by atoms with Crippen molar-refractivity contribution in [1.82, 2.24) is 4.98 Å². The van der Waals surface area contributed by atoms with Gasteiger partial charge in [-0.1, -0.05) is 24.3 Å². The zero-order valence-corrected chi connectivity index (χ0v) is 18.2. The molecule has 0 atom stereocenters. The van der Waals surface area contributed by atoms with Gasteiger partial charge >= 0.3 is 0 Å². The van der Waals surface area contributed by atoms with Crippen LogP contribution in [0.5, 0.6) is 11.5 Å². The smallest absolute Gasteiger partial charge is 0.200 e. The highest BCUT2D eigenvalue weighted by atomic mass is 19.2. The molecule has 1 aliphatic heterocycles. The molecule has 4 aromatic rings. The van der Waals surface area contributed by atoms with Crippen molar-refractivity contribution in [3.05, 3.63) is 124 Å². The number of benzene rings is 3. The highest BCUT2D eigenvalue weighted by molar-refractivity contribution is 6.13. The third-order valence-electron chi connectivity index (χ3n) is 5.69. The molecule has 2 heterocycles. The van der Waals surface area contributed by atoms with Crippen LogP contribution >= 0.6 is 0 Å². The van der Waals surface area contributed by atoms with E-state index >= 15 is 0 Å². The van der Waals surface area contributed by atoms with Crippen LogP contribution in [0.15, 0.2) is 83.5 Å². The molecule has 0 bridgehead atoms. The van der Waals surface area contributed by atoms with Crippen LogP contribution in [0.2, 0.25) is 0 Å². The van der Waals surface area contributed by atoms with Gasteiger partial charge < -0.3 is 15.2 Å². The number of aromatic hydroxyl groups is 2. The third-order valence-corrected chi connectivity index (χ3v) is 5.69. The minimum absolute atomic E-state index is 0.0154. The summed E-state index contributed by atoms with van der Waals surface area (Å²) in [6.45, 7) is 0. The Morgan fingerprint density at radius 2 is 1.19 bits per heavy atom. The molecule has 0 fully saturated rings. The molecule has 0 amide bonds. The molecule has 1 aromatic heterocycles. The second-order valence-corrected chi connectivity index (χ2v) is 7.86. The molecule has 0 saturated carbocycles. The summed E-state index contributed by atoms with van der Waals surface area (Å²) in [4.78, 5) is 7.20. The van der Waals surface area contributed by atoms with E-state index in [9.17, 15) is 32.2 Å². The fourth-order valence-electron chi connectivity index (χ4n) is 3.97. The van der Waals surface area contributed by atoms with Crippen LogP contribution in [-0.2, 0) is 0 Å². The average Bonchev–Trinajstić information content (AvgIpc) is 3.55. The van der Waals surface area contributed by atoms with E-state index in [2.05, 4.69) is 9.98 Å². The second kappa shape index (κ2) is 8.84. The first-order valence-electron chi connectivity index (χ1n) is 10.6. The van der Waals surface area contributed by atoms with Crippen molar-refractivity contribution in [1.29, 1.82) is 0 Å². The molecule has 3 N–H and O–H groups in total. The number of aromatic amines is 1. The molecular formula is C27H15F5N2O2. The maximum atomic E-state index is 14.9. The Labute approximate surface area is 201 Å². The lowest BCUT2D eigenvalue weighted by atomic mass is 9.98. The standard InChI is InChI=1S/C27H15F5N2O2/c28-23-22(24(29)26(31)27(32)25(23)30)21(17-11-9-15(33-17)13-5-1-3-7-19(13)35)18-12-10-16(34-18)14-6-2-4-8-20(14)36/h1-12,33,35-36H/b21-18+. The van der Waals surface area contributed by atoms with E-state index in [-0.39, 0.29) is 28.6 Å². The monoisotopic (exact) mass is 494 g/mol. The van der Waals surface area contributed by atoms with Crippen molar-refractivity contribution in [3.8, 4) is 22.8 Å². The number of nitrogens with zero attached hydrogens (tertiary/aromatic N) is 1. The fourth-order valence-corrected chi connectivity index (χ4v) is 3.97. The first-order chi connectivity index (χ1) is 17.3. The van der Waals surface area contributed by atoms with Crippen molar-refractivity contribution >= 4 is 11.3 Å². The molecule has 4 nitrogen and oxygen atoms in total. The van der Waals surface area contributed by atoms with Crippen molar-refractivity contribution in [2.45, 2.75) is 0 Å². The molecule has 5 rings (SSSR count). The predicted molar refractivity (Wildman–Crippen MR) is 124 cm³/mol. The quantitative estimate of drug-likeness (QED) is 0.170. The van der Waals surface area contributed by atoms with E-state index in [1.807, 2.05) is 0 Å². The van der Waals surface area contributed by atoms with Crippen molar-refractivity contribution in [2.24, 2.45) is 4.99 Å². The summed E-state index contributed by atoms with van der Waals surface area (Å²) in [6, 6.07) is 15.3. The zero-order valence-electron chi connectivity index (χ0n) is 18.2. The average molecular weight is 494 g/mol. The summed E-state index contributed by atoms with van der Waals surface area (Å²) in [5, 5.41) is 20.3. The lowest BCUT2D eigenvalue weighted by Crippen LogP contribution is -2.08. The van der Waals surface area contributed by atoms with Gasteiger partial charge in [-0.3, -0.25) is 0 Å². The van der Waals surface area contributed by atoms with Gasteiger partial charge in [-0.05, 0) is 48.6 Å². The minimum Gasteiger partial charge on any atom is -0.507 e. The van der Waals surface area contributed by atoms with Crippen LogP contribution in [0.1, 0.15) is 16.8 Å². The lowest BCUT2D eigenvalue weighted by molar-refractivity contribution is 0.376. The number of hydrogen-bond acceptors (Lipinski definition) is 3. The molecule has 0 spiro atoms. The predicted octanol–water partition coefficient (Wildman–Crippen LogP) is 6.61. The number of hydrogen-bond donors (Lipinski definition) is 3. The summed E-state index contributed by atoms with van der Waals surface area (Å²) >= 11 is 0. The molecule has 180 valence electrons. The lowest BCUT2D eigenvalue weighted by Gasteiger charge is -2.13. The van der Waals surface area contributed by atoms with Crippen LogP contribution in [0.3, 0.4) is 0 Å². The second-order valence-electron chi connectivity index (χ2n) is 7.86. The zero-order chi connectivity index (χ0) is 25.6. The van der Waals surface area contributed by atoms with Gasteiger partial charge in [-0.25, -0.2) is 26.9 Å². The Kier molecular flexibility index (Phi) is 5.68. The Balaban J connectivity index is 1.77. The van der Waals surface area contributed by atoms with Crippen LogP contribution in [0, 0.1) is 29.1 Å². The van der Waals surface area contributed by atoms with E-state index in [0.29, 0.717) is 16.8 Å². The van der Waals surface area contributed by atoms with Gasteiger partial charge in [0.15, 0.2) is 23.3 Å². The summed E-state index contributed by atoms with van der Waals surface area (Å²) < 4.78 is 72.0. The summed E-state index contributed by atoms with van der Waals surface area (Å²) in [5.41, 5.74) is -0.479. The number of phenolic OH excluding ortho intramolecular Hbond substituents is 2. The van der Waals surface area contributed by atoms with E-state index in [0.717, 1.165) is 0 Å². The van der Waals surface area contributed by atoms with Crippen LogP contribution in [0.25, 0.3) is 16.8 Å². The number of para-hydroxylation sites is 2. The van der Waals surface area contributed by atoms with Gasteiger partial charge in [0, 0.05) is 28.1 Å². The SMILES string of the molecule is Oc1ccccc1C1=N/C(=C(\c2ccc(-c3ccccc3O)[nH]2)c2c(F)c(F)c(F)c(F)c2F)C=C1. The molecule has 0 unspecified atom stereocenters. The van der Waals surface area contributed by atoms with Gasteiger partial charge in [-0.2, -0.15) is 0 Å². The highest BCUT2D eigenvalue weighted by Gasteiger charge is 2.31. The van der Waals surface area contributed by atoms with E-state index in [1.54, 1.807) is 36.4 Å². The number of phenols is 2. The number of rotatable bonds is 4. The molecule has 0 aliphatic carbocycles. The largest absolute Gasteiger partial charge is 0.507 e. The molecule has 1 aliphatic rings. The summed E-state index contributed by atoms with van der Waals surface area (Å²) in [5.74, 6) is -10.7. The van der Waals surface area contributed by atoms with E-state index < -0.39 is 40.2 Å². The number of H-pyrrole nitrogens is 1. The Hall–Kier alpha value is -4.66. The van der Waals surface area contributed by atoms with Crippen molar-refractivity contribution < 1.29 is 32.2 Å². The van der Waals surface area contributed by atoms with Gasteiger partial charge in [0.05, 0.1) is 17.0 Å². The van der Waals surface area contributed by atoms with Gasteiger partial charge in [0.25, 0.3) is 0 Å². The normalized spacial score (nSPS) is 14.3. The molecule has 3 aromatic carbocycles. The molecule has 36 heavy (non-hydrogen) atoms. The first kappa shape index (κ1) is 23.1. The Morgan fingerprint density at radius 1 is 0.639 bits per heavy atom. The Bertz CT molecular complexity index is 1590. The van der Waals surface area contributed by atoms with E-state index in [4.69, 9.17) is 0 Å². The first-order valence-corrected chi connectivity index (χ1v) is 10.6. The van der Waals surface area contributed by atoms with Gasteiger partial charge in [-0.15, -0.1) is 0 Å². The highest BCUT2D eigenvalue weighted by Crippen LogP contribution is 2.38. The topological polar surface area (TPSA) is 68.6 Å². The summed E-state index contributed by atoms with van der Waals surface area (Å²) in [7, 11) is 0. The Morgan fingerprint density at radius 3 is 1.81 bits per heavy atom. The summed E-state index contributed by atoms with van der Waals surface area (Å²) in [6.07, 6.45) is 2.79. The van der Waals surface area contributed by atoms with Gasteiger partial charge in [0.2, 0.25) is 5.82 Å². The third kappa shape index (κ3) is 3.74.